The van der Waals surface area contributed by atoms with E-state index in [4.69, 9.17) is 4.74 Å². The highest BCUT2D eigenvalue weighted by Crippen LogP contribution is 2.22. The molecule has 0 saturated carbocycles. The number of amides is 3. The van der Waals surface area contributed by atoms with Gasteiger partial charge >= 0.3 is 6.09 Å². The van der Waals surface area contributed by atoms with Gasteiger partial charge in [0.25, 0.3) is 0 Å². The molecule has 2 aliphatic heterocycles. The smallest absolute Gasteiger partial charge is 0.409 e. The van der Waals surface area contributed by atoms with Crippen molar-refractivity contribution in [1.29, 1.82) is 0 Å². The van der Waals surface area contributed by atoms with Crippen molar-refractivity contribution in [2.75, 3.05) is 45.9 Å². The second kappa shape index (κ2) is 8.88. The van der Waals surface area contributed by atoms with Crippen molar-refractivity contribution in [3.05, 3.63) is 35.9 Å². The molecule has 2 heterocycles. The minimum Gasteiger partial charge on any atom is -0.450 e. The maximum Gasteiger partial charge on any atom is 0.409 e. The summed E-state index contributed by atoms with van der Waals surface area (Å²) in [6.07, 6.45) is 1.02. The van der Waals surface area contributed by atoms with Gasteiger partial charge in [0, 0.05) is 39.1 Å². The van der Waals surface area contributed by atoms with Crippen molar-refractivity contribution in [1.82, 2.24) is 14.7 Å². The average molecular weight is 373 g/mol. The molecule has 1 atom stereocenters. The molecule has 1 aromatic rings. The Balaban J connectivity index is 1.46. The van der Waals surface area contributed by atoms with Crippen LogP contribution in [0.1, 0.15) is 18.9 Å². The van der Waals surface area contributed by atoms with Crippen molar-refractivity contribution in [3.8, 4) is 0 Å². The summed E-state index contributed by atoms with van der Waals surface area (Å²) >= 11 is 0. The number of likely N-dealkylation sites (tertiary alicyclic amines) is 1. The Morgan fingerprint density at radius 2 is 1.74 bits per heavy atom. The van der Waals surface area contributed by atoms with E-state index in [0.717, 1.165) is 6.42 Å². The number of hydrogen-bond donors (Lipinski definition) is 0. The number of piperazine rings is 1. The van der Waals surface area contributed by atoms with Crippen LogP contribution in [-0.2, 0) is 20.7 Å². The summed E-state index contributed by atoms with van der Waals surface area (Å²) < 4.78 is 4.99. The van der Waals surface area contributed by atoms with E-state index < -0.39 is 0 Å². The number of rotatable bonds is 5. The van der Waals surface area contributed by atoms with E-state index in [2.05, 4.69) is 12.1 Å². The molecule has 0 aromatic heterocycles. The molecule has 3 rings (SSSR count). The first-order valence-electron chi connectivity index (χ1n) is 9.58. The molecule has 7 nitrogen and oxygen atoms in total. The summed E-state index contributed by atoms with van der Waals surface area (Å²) in [5.41, 5.74) is 1.22. The lowest BCUT2D eigenvalue weighted by Gasteiger charge is -2.34. The standard InChI is InChI=1S/C20H27N3O4/c1-2-27-20(26)22-10-8-21(9-11-22)19(25)15-23-14-17(13-18(23)24)12-16-6-4-3-5-7-16/h3-7,17H,2,8-15H2,1H3. The normalized spacial score (nSPS) is 20.1. The van der Waals surface area contributed by atoms with Gasteiger partial charge in [0.15, 0.2) is 0 Å². The fraction of sp³-hybridized carbons (Fsp3) is 0.550. The maximum absolute atomic E-state index is 12.6. The Morgan fingerprint density at radius 3 is 2.41 bits per heavy atom. The lowest BCUT2D eigenvalue weighted by Crippen LogP contribution is -2.52. The van der Waals surface area contributed by atoms with Crippen LogP contribution in [0.5, 0.6) is 0 Å². The molecule has 1 unspecified atom stereocenters. The fourth-order valence-corrected chi connectivity index (χ4v) is 3.71. The number of carbonyl (C=O) groups is 3. The lowest BCUT2D eigenvalue weighted by molar-refractivity contribution is -0.139. The van der Waals surface area contributed by atoms with Gasteiger partial charge in [0.05, 0.1) is 13.2 Å². The van der Waals surface area contributed by atoms with Gasteiger partial charge in [0.1, 0.15) is 0 Å². The molecule has 0 N–H and O–H groups in total. The molecule has 0 bridgehead atoms. The minimum absolute atomic E-state index is 0.0489. The van der Waals surface area contributed by atoms with Gasteiger partial charge in [-0.05, 0) is 24.8 Å². The Labute approximate surface area is 159 Å². The quantitative estimate of drug-likeness (QED) is 0.782. The van der Waals surface area contributed by atoms with Crippen molar-refractivity contribution in [2.24, 2.45) is 5.92 Å². The zero-order valence-corrected chi connectivity index (χ0v) is 15.8. The number of nitrogens with zero attached hydrogens (tertiary/aromatic N) is 3. The highest BCUT2D eigenvalue weighted by molar-refractivity contribution is 5.86. The van der Waals surface area contributed by atoms with E-state index >= 15 is 0 Å². The molecule has 7 heteroatoms. The van der Waals surface area contributed by atoms with Gasteiger partial charge in [-0.3, -0.25) is 9.59 Å². The number of carbonyl (C=O) groups excluding carboxylic acids is 3. The van der Waals surface area contributed by atoms with Crippen LogP contribution in [0.25, 0.3) is 0 Å². The molecule has 0 radical (unpaired) electrons. The van der Waals surface area contributed by atoms with Crippen molar-refractivity contribution >= 4 is 17.9 Å². The summed E-state index contributed by atoms with van der Waals surface area (Å²) in [5, 5.41) is 0. The SMILES string of the molecule is CCOC(=O)N1CCN(C(=O)CN2CC(Cc3ccccc3)CC2=O)CC1. The predicted octanol–water partition coefficient (Wildman–Crippen LogP) is 1.38. The second-order valence-corrected chi connectivity index (χ2v) is 7.10. The molecule has 146 valence electrons. The summed E-state index contributed by atoms with van der Waals surface area (Å²) in [6, 6.07) is 10.1. The zero-order chi connectivity index (χ0) is 19.2. The van der Waals surface area contributed by atoms with Crippen LogP contribution in [0.3, 0.4) is 0 Å². The van der Waals surface area contributed by atoms with Crippen LogP contribution in [-0.4, -0.2) is 78.5 Å². The summed E-state index contributed by atoms with van der Waals surface area (Å²) in [4.78, 5) is 41.6. The van der Waals surface area contributed by atoms with Gasteiger partial charge in [-0.1, -0.05) is 30.3 Å². The molecule has 27 heavy (non-hydrogen) atoms. The lowest BCUT2D eigenvalue weighted by atomic mass is 9.99. The predicted molar refractivity (Wildman–Crippen MR) is 100 cm³/mol. The van der Waals surface area contributed by atoms with Crippen LogP contribution in [0, 0.1) is 5.92 Å². The fourth-order valence-electron chi connectivity index (χ4n) is 3.71. The molecular formula is C20H27N3O4. The van der Waals surface area contributed by atoms with Gasteiger partial charge in [-0.2, -0.15) is 0 Å². The summed E-state index contributed by atoms with van der Waals surface area (Å²) in [6.45, 7) is 4.77. The van der Waals surface area contributed by atoms with Crippen molar-refractivity contribution in [3.63, 3.8) is 0 Å². The Hall–Kier alpha value is -2.57. The highest BCUT2D eigenvalue weighted by Gasteiger charge is 2.33. The zero-order valence-electron chi connectivity index (χ0n) is 15.8. The first-order chi connectivity index (χ1) is 13.1. The third-order valence-electron chi connectivity index (χ3n) is 5.15. The molecular weight excluding hydrogens is 346 g/mol. The number of benzene rings is 1. The molecule has 2 fully saturated rings. The van der Waals surface area contributed by atoms with E-state index in [1.807, 2.05) is 18.2 Å². The molecule has 0 spiro atoms. The van der Waals surface area contributed by atoms with E-state index in [9.17, 15) is 14.4 Å². The summed E-state index contributed by atoms with van der Waals surface area (Å²) in [5.74, 6) is 0.259. The first-order valence-corrected chi connectivity index (χ1v) is 9.58. The van der Waals surface area contributed by atoms with E-state index in [0.29, 0.717) is 45.8 Å². The molecule has 2 saturated heterocycles. The average Bonchev–Trinajstić information content (AvgIpc) is 3.01. The van der Waals surface area contributed by atoms with E-state index in [1.54, 1.807) is 21.6 Å². The second-order valence-electron chi connectivity index (χ2n) is 7.10. The Kier molecular flexibility index (Phi) is 6.32. The molecule has 1 aromatic carbocycles. The highest BCUT2D eigenvalue weighted by atomic mass is 16.6. The van der Waals surface area contributed by atoms with Crippen LogP contribution in [0.4, 0.5) is 4.79 Å². The Morgan fingerprint density at radius 1 is 1.07 bits per heavy atom. The summed E-state index contributed by atoms with van der Waals surface area (Å²) in [7, 11) is 0. The maximum atomic E-state index is 12.6. The van der Waals surface area contributed by atoms with Crippen LogP contribution in [0.15, 0.2) is 30.3 Å². The monoisotopic (exact) mass is 373 g/mol. The third-order valence-corrected chi connectivity index (χ3v) is 5.15. The van der Waals surface area contributed by atoms with Gasteiger partial charge < -0.3 is 19.4 Å². The van der Waals surface area contributed by atoms with Crippen molar-refractivity contribution in [2.45, 2.75) is 19.8 Å². The van der Waals surface area contributed by atoms with Gasteiger partial charge in [-0.25, -0.2) is 4.79 Å². The van der Waals surface area contributed by atoms with Crippen LogP contribution < -0.4 is 0 Å². The number of hydrogen-bond acceptors (Lipinski definition) is 4. The van der Waals surface area contributed by atoms with E-state index in [-0.39, 0.29) is 30.4 Å². The van der Waals surface area contributed by atoms with Crippen LogP contribution >= 0.6 is 0 Å². The Bertz CT molecular complexity index is 671. The van der Waals surface area contributed by atoms with Crippen molar-refractivity contribution < 1.29 is 19.1 Å². The topological polar surface area (TPSA) is 70.2 Å². The molecule has 2 aliphatic rings. The third kappa shape index (κ3) is 4.99. The van der Waals surface area contributed by atoms with Gasteiger partial charge in [0.2, 0.25) is 11.8 Å². The van der Waals surface area contributed by atoms with Gasteiger partial charge in [-0.15, -0.1) is 0 Å². The largest absolute Gasteiger partial charge is 0.450 e. The van der Waals surface area contributed by atoms with E-state index in [1.165, 1.54) is 5.56 Å². The number of ether oxygens (including phenoxy) is 1. The first kappa shape index (κ1) is 19.2. The minimum atomic E-state index is -0.330. The molecule has 3 amide bonds. The van der Waals surface area contributed by atoms with Crippen LogP contribution in [0.2, 0.25) is 0 Å². The molecule has 0 aliphatic carbocycles.